The molecule has 0 aliphatic heterocycles. The Morgan fingerprint density at radius 2 is 1.50 bits per heavy atom. The van der Waals surface area contributed by atoms with E-state index in [0.717, 1.165) is 6.54 Å². The number of hydrogen-bond donors (Lipinski definition) is 0. The summed E-state index contributed by atoms with van der Waals surface area (Å²) in [4.78, 5) is 0. The number of rotatable bonds is 2. The van der Waals surface area contributed by atoms with Gasteiger partial charge in [-0.2, -0.15) is 4.40 Å². The lowest BCUT2D eigenvalue weighted by atomic mass is 10.2. The predicted octanol–water partition coefficient (Wildman–Crippen LogP) is 3.43. The van der Waals surface area contributed by atoms with Crippen molar-refractivity contribution in [2.24, 2.45) is 0 Å². The topological polar surface area (TPSA) is 8.29 Å². The van der Waals surface area contributed by atoms with Crippen molar-refractivity contribution in [3.63, 3.8) is 0 Å². The van der Waals surface area contributed by atoms with Crippen molar-refractivity contribution in [1.29, 1.82) is 0 Å². The summed E-state index contributed by atoms with van der Waals surface area (Å²) in [5.74, 6) is 0. The highest BCUT2D eigenvalue weighted by Gasteiger charge is 2.17. The maximum absolute atomic E-state index is 2.37. The Morgan fingerprint density at radius 3 is 2.40 bits per heavy atom. The standard InChI is InChI=1S/C18H15N2/c1-2-8-15(9-3-1)14-20-17-11-5-4-10-16(17)19-13-7-6-12-18(19)20/h1-13H,14H2/q+1. The first kappa shape index (κ1) is 11.2. The molecule has 0 spiro atoms. The average Bonchev–Trinajstić information content (AvgIpc) is 2.84. The Bertz CT molecular complexity index is 822. The molecule has 0 saturated carbocycles. The molecule has 0 fully saturated rings. The van der Waals surface area contributed by atoms with Crippen LogP contribution in [0.4, 0.5) is 0 Å². The van der Waals surface area contributed by atoms with E-state index in [0.29, 0.717) is 0 Å². The van der Waals surface area contributed by atoms with Gasteiger partial charge in [0.25, 0.3) is 5.65 Å². The van der Waals surface area contributed by atoms with Crippen LogP contribution in [0.1, 0.15) is 5.56 Å². The fourth-order valence-electron chi connectivity index (χ4n) is 2.81. The summed E-state index contributed by atoms with van der Waals surface area (Å²) in [6.07, 6.45) is 2.12. The monoisotopic (exact) mass is 259 g/mol. The SMILES string of the molecule is c1ccc(C[n+]2c3ccccc3n3ccccc32)cc1. The molecule has 0 N–H and O–H groups in total. The number of aromatic nitrogens is 2. The minimum Gasteiger partial charge on any atom is -0.219 e. The molecule has 0 aliphatic carbocycles. The quantitative estimate of drug-likeness (QED) is 0.487. The van der Waals surface area contributed by atoms with Crippen molar-refractivity contribution >= 4 is 16.7 Å². The summed E-state index contributed by atoms with van der Waals surface area (Å²) >= 11 is 0. The van der Waals surface area contributed by atoms with Gasteiger partial charge in [0.15, 0.2) is 11.0 Å². The van der Waals surface area contributed by atoms with Crippen molar-refractivity contribution in [2.75, 3.05) is 0 Å². The number of fused-ring (bicyclic) bond motifs is 3. The van der Waals surface area contributed by atoms with E-state index in [1.54, 1.807) is 0 Å². The van der Waals surface area contributed by atoms with E-state index in [4.69, 9.17) is 0 Å². The molecule has 2 heterocycles. The summed E-state index contributed by atoms with van der Waals surface area (Å²) in [6.45, 7) is 0.891. The van der Waals surface area contributed by atoms with Gasteiger partial charge in [-0.25, -0.2) is 4.57 Å². The third-order valence-electron chi connectivity index (χ3n) is 3.73. The van der Waals surface area contributed by atoms with Gasteiger partial charge in [-0.1, -0.05) is 48.5 Å². The summed E-state index contributed by atoms with van der Waals surface area (Å²) < 4.78 is 4.61. The Hall–Kier alpha value is -2.61. The summed E-state index contributed by atoms with van der Waals surface area (Å²) in [5.41, 5.74) is 5.05. The largest absolute Gasteiger partial charge is 0.287 e. The first-order valence-corrected chi connectivity index (χ1v) is 6.85. The van der Waals surface area contributed by atoms with Crippen molar-refractivity contribution in [1.82, 2.24) is 4.40 Å². The molecule has 2 heteroatoms. The summed E-state index contributed by atoms with van der Waals surface area (Å²) in [5, 5.41) is 0. The van der Waals surface area contributed by atoms with Gasteiger partial charge in [-0.05, 0) is 23.8 Å². The summed E-state index contributed by atoms with van der Waals surface area (Å²) in [6, 6.07) is 25.5. The molecule has 96 valence electrons. The number of imidazole rings is 1. The van der Waals surface area contributed by atoms with Crippen LogP contribution in [0.5, 0.6) is 0 Å². The number of benzene rings is 2. The van der Waals surface area contributed by atoms with Crippen LogP contribution >= 0.6 is 0 Å². The van der Waals surface area contributed by atoms with Gasteiger partial charge in [0.2, 0.25) is 0 Å². The van der Waals surface area contributed by atoms with Gasteiger partial charge in [0.05, 0.1) is 6.20 Å². The minimum atomic E-state index is 0.891. The van der Waals surface area contributed by atoms with Gasteiger partial charge < -0.3 is 0 Å². The molecule has 2 aromatic heterocycles. The average molecular weight is 259 g/mol. The highest BCUT2D eigenvalue weighted by Crippen LogP contribution is 2.15. The van der Waals surface area contributed by atoms with Crippen LogP contribution in [0, 0.1) is 0 Å². The molecule has 0 unspecified atom stereocenters. The Morgan fingerprint density at radius 1 is 0.750 bits per heavy atom. The van der Waals surface area contributed by atoms with E-state index < -0.39 is 0 Å². The lowest BCUT2D eigenvalue weighted by Gasteiger charge is -1.99. The number of pyridine rings is 1. The maximum atomic E-state index is 2.37. The van der Waals surface area contributed by atoms with E-state index in [1.165, 1.54) is 22.2 Å². The van der Waals surface area contributed by atoms with E-state index in [2.05, 4.69) is 88.0 Å². The normalized spacial score (nSPS) is 11.2. The van der Waals surface area contributed by atoms with Crippen molar-refractivity contribution < 1.29 is 4.57 Å². The Labute approximate surface area is 117 Å². The third kappa shape index (κ3) is 1.69. The Kier molecular flexibility index (Phi) is 2.52. The minimum absolute atomic E-state index is 0.891. The van der Waals surface area contributed by atoms with Crippen LogP contribution in [0.3, 0.4) is 0 Å². The van der Waals surface area contributed by atoms with E-state index in [1.807, 2.05) is 0 Å². The first-order chi connectivity index (χ1) is 9.93. The molecule has 2 aromatic carbocycles. The van der Waals surface area contributed by atoms with Crippen LogP contribution < -0.4 is 4.57 Å². The zero-order chi connectivity index (χ0) is 13.4. The smallest absolute Gasteiger partial charge is 0.219 e. The fourth-order valence-corrected chi connectivity index (χ4v) is 2.81. The van der Waals surface area contributed by atoms with Crippen LogP contribution in [0.2, 0.25) is 0 Å². The van der Waals surface area contributed by atoms with Gasteiger partial charge in [0.1, 0.15) is 6.54 Å². The molecule has 0 amide bonds. The van der Waals surface area contributed by atoms with Gasteiger partial charge in [-0.15, -0.1) is 0 Å². The van der Waals surface area contributed by atoms with Crippen molar-refractivity contribution in [3.8, 4) is 0 Å². The Balaban J connectivity index is 2.00. The zero-order valence-corrected chi connectivity index (χ0v) is 11.1. The number of hydrogen-bond acceptors (Lipinski definition) is 0. The second-order valence-corrected chi connectivity index (χ2v) is 4.99. The van der Waals surface area contributed by atoms with Crippen LogP contribution in [-0.2, 0) is 6.54 Å². The second-order valence-electron chi connectivity index (χ2n) is 4.99. The molecule has 0 radical (unpaired) electrons. The molecule has 0 aliphatic rings. The van der Waals surface area contributed by atoms with Crippen LogP contribution in [0.15, 0.2) is 79.0 Å². The highest BCUT2D eigenvalue weighted by atomic mass is 15.1. The number of nitrogens with zero attached hydrogens (tertiary/aromatic N) is 2. The molecule has 2 nitrogen and oxygen atoms in total. The van der Waals surface area contributed by atoms with Gasteiger partial charge >= 0.3 is 0 Å². The molecule has 0 saturated heterocycles. The molecule has 4 aromatic rings. The fraction of sp³-hybridized carbons (Fsp3) is 0.0556. The maximum Gasteiger partial charge on any atom is 0.287 e. The van der Waals surface area contributed by atoms with Crippen molar-refractivity contribution in [3.05, 3.63) is 84.6 Å². The molecular weight excluding hydrogens is 244 g/mol. The van der Waals surface area contributed by atoms with Crippen LogP contribution in [-0.4, -0.2) is 4.40 Å². The molecule has 0 bridgehead atoms. The summed E-state index contributed by atoms with van der Waals surface area (Å²) in [7, 11) is 0. The zero-order valence-electron chi connectivity index (χ0n) is 11.1. The second kappa shape index (κ2) is 4.49. The van der Waals surface area contributed by atoms with E-state index in [9.17, 15) is 0 Å². The molecule has 4 rings (SSSR count). The number of para-hydroxylation sites is 2. The first-order valence-electron chi connectivity index (χ1n) is 6.85. The molecule has 20 heavy (non-hydrogen) atoms. The van der Waals surface area contributed by atoms with Crippen molar-refractivity contribution in [2.45, 2.75) is 6.54 Å². The van der Waals surface area contributed by atoms with Gasteiger partial charge in [0, 0.05) is 6.07 Å². The van der Waals surface area contributed by atoms with E-state index >= 15 is 0 Å². The predicted molar refractivity (Wildman–Crippen MR) is 80.6 cm³/mol. The lowest BCUT2D eigenvalue weighted by molar-refractivity contribution is -0.636. The molecule has 0 atom stereocenters. The molecular formula is C18H15N2+. The third-order valence-corrected chi connectivity index (χ3v) is 3.73. The lowest BCUT2D eigenvalue weighted by Crippen LogP contribution is -2.33. The highest BCUT2D eigenvalue weighted by molar-refractivity contribution is 5.75. The van der Waals surface area contributed by atoms with Crippen LogP contribution in [0.25, 0.3) is 16.7 Å². The van der Waals surface area contributed by atoms with E-state index in [-0.39, 0.29) is 0 Å². The van der Waals surface area contributed by atoms with Gasteiger partial charge in [-0.3, -0.25) is 0 Å².